The van der Waals surface area contributed by atoms with E-state index in [-0.39, 0.29) is 5.41 Å². The van der Waals surface area contributed by atoms with Gasteiger partial charge in [0.1, 0.15) is 0 Å². The Hall–Kier alpha value is -0.570. The highest BCUT2D eigenvalue weighted by atomic mass is 16.2. The van der Waals surface area contributed by atoms with Crippen molar-refractivity contribution in [1.82, 2.24) is 10.2 Å². The van der Waals surface area contributed by atoms with Crippen molar-refractivity contribution in [2.75, 3.05) is 26.2 Å². The Kier molecular flexibility index (Phi) is 4.54. The van der Waals surface area contributed by atoms with Crippen molar-refractivity contribution in [2.45, 2.75) is 47.0 Å². The van der Waals surface area contributed by atoms with Crippen LogP contribution in [0.2, 0.25) is 0 Å². The van der Waals surface area contributed by atoms with Gasteiger partial charge in [0, 0.05) is 18.5 Å². The molecule has 1 amide bonds. The van der Waals surface area contributed by atoms with E-state index in [1.807, 2.05) is 0 Å². The summed E-state index contributed by atoms with van der Waals surface area (Å²) in [6.45, 7) is 12.9. The van der Waals surface area contributed by atoms with Crippen molar-refractivity contribution >= 4 is 5.91 Å². The fourth-order valence-corrected chi connectivity index (χ4v) is 3.96. The van der Waals surface area contributed by atoms with Gasteiger partial charge in [0.2, 0.25) is 5.91 Å². The number of hydrogen-bond acceptors (Lipinski definition) is 2. The molecular weight excluding hydrogens is 236 g/mol. The number of carbonyl (C=O) groups excluding carboxylic acids is 1. The van der Waals surface area contributed by atoms with Crippen LogP contribution in [0.15, 0.2) is 0 Å². The lowest BCUT2D eigenvalue weighted by Gasteiger charge is -2.32. The van der Waals surface area contributed by atoms with Gasteiger partial charge in [-0.2, -0.15) is 0 Å². The summed E-state index contributed by atoms with van der Waals surface area (Å²) in [6.07, 6.45) is 3.35. The molecular formula is C16H30N2O. The SMILES string of the molecule is CC(C)CC(C)(C)C(=O)N1CC[C@@H]2CNC[C@@H]2CC1. The van der Waals surface area contributed by atoms with E-state index in [9.17, 15) is 4.79 Å². The molecule has 2 atom stereocenters. The second kappa shape index (κ2) is 5.82. The predicted molar refractivity (Wildman–Crippen MR) is 78.9 cm³/mol. The molecule has 2 fully saturated rings. The maximum Gasteiger partial charge on any atom is 0.228 e. The van der Waals surface area contributed by atoms with Crippen LogP contribution < -0.4 is 5.32 Å². The summed E-state index contributed by atoms with van der Waals surface area (Å²) in [5.74, 6) is 2.54. The highest BCUT2D eigenvalue weighted by molar-refractivity contribution is 5.82. The molecule has 2 rings (SSSR count). The molecule has 2 heterocycles. The molecule has 19 heavy (non-hydrogen) atoms. The molecule has 0 aliphatic carbocycles. The van der Waals surface area contributed by atoms with E-state index in [4.69, 9.17) is 0 Å². The fourth-order valence-electron chi connectivity index (χ4n) is 3.96. The first kappa shape index (κ1) is 14.8. The van der Waals surface area contributed by atoms with E-state index in [1.54, 1.807) is 0 Å². The van der Waals surface area contributed by atoms with Crippen LogP contribution in [0.25, 0.3) is 0 Å². The summed E-state index contributed by atoms with van der Waals surface area (Å²) in [7, 11) is 0. The highest BCUT2D eigenvalue weighted by Gasteiger charge is 2.36. The molecule has 110 valence electrons. The standard InChI is InChI=1S/C16H30N2O/c1-12(2)9-16(3,4)15(19)18-7-5-13-10-17-11-14(13)6-8-18/h12-14,17H,5-11H2,1-4H3/t13-,14+. The van der Waals surface area contributed by atoms with Gasteiger partial charge < -0.3 is 10.2 Å². The van der Waals surface area contributed by atoms with Crippen LogP contribution in [0.3, 0.4) is 0 Å². The molecule has 0 bridgehead atoms. The lowest BCUT2D eigenvalue weighted by molar-refractivity contribution is -0.141. The maximum absolute atomic E-state index is 12.7. The minimum Gasteiger partial charge on any atom is -0.342 e. The van der Waals surface area contributed by atoms with Gasteiger partial charge in [-0.15, -0.1) is 0 Å². The molecule has 0 unspecified atom stereocenters. The van der Waals surface area contributed by atoms with E-state index in [0.717, 1.165) is 44.4 Å². The fraction of sp³-hybridized carbons (Fsp3) is 0.938. The summed E-state index contributed by atoms with van der Waals surface area (Å²) < 4.78 is 0. The summed E-state index contributed by atoms with van der Waals surface area (Å²) in [6, 6.07) is 0. The topological polar surface area (TPSA) is 32.3 Å². The third-order valence-corrected chi connectivity index (χ3v) is 4.80. The van der Waals surface area contributed by atoms with E-state index >= 15 is 0 Å². The molecule has 2 saturated heterocycles. The first-order chi connectivity index (χ1) is 8.90. The Morgan fingerprint density at radius 2 is 1.74 bits per heavy atom. The van der Waals surface area contributed by atoms with E-state index < -0.39 is 0 Å². The second-order valence-corrected chi connectivity index (χ2v) is 7.53. The van der Waals surface area contributed by atoms with Crippen LogP contribution in [0, 0.1) is 23.2 Å². The smallest absolute Gasteiger partial charge is 0.228 e. The third-order valence-electron chi connectivity index (χ3n) is 4.80. The van der Waals surface area contributed by atoms with E-state index in [1.165, 1.54) is 12.8 Å². The Morgan fingerprint density at radius 3 is 2.21 bits per heavy atom. The van der Waals surface area contributed by atoms with Crippen LogP contribution >= 0.6 is 0 Å². The number of fused-ring (bicyclic) bond motifs is 1. The Balaban J connectivity index is 1.96. The summed E-state index contributed by atoms with van der Waals surface area (Å²) in [5, 5.41) is 3.49. The number of rotatable bonds is 3. The van der Waals surface area contributed by atoms with E-state index in [0.29, 0.717) is 11.8 Å². The number of carbonyl (C=O) groups is 1. The number of amides is 1. The zero-order valence-corrected chi connectivity index (χ0v) is 13.0. The molecule has 3 nitrogen and oxygen atoms in total. The van der Waals surface area contributed by atoms with Gasteiger partial charge in [0.05, 0.1) is 0 Å². The summed E-state index contributed by atoms with van der Waals surface area (Å²) in [5.41, 5.74) is -0.203. The molecule has 0 aromatic carbocycles. The molecule has 3 heteroatoms. The van der Waals surface area contributed by atoms with Gasteiger partial charge in [-0.3, -0.25) is 4.79 Å². The molecule has 0 spiro atoms. The average molecular weight is 266 g/mol. The van der Waals surface area contributed by atoms with Crippen molar-refractivity contribution in [3.8, 4) is 0 Å². The zero-order valence-electron chi connectivity index (χ0n) is 13.0. The molecule has 0 radical (unpaired) electrons. The first-order valence-electron chi connectivity index (χ1n) is 7.90. The minimum atomic E-state index is -0.203. The van der Waals surface area contributed by atoms with Gasteiger partial charge in [0.25, 0.3) is 0 Å². The summed E-state index contributed by atoms with van der Waals surface area (Å²) in [4.78, 5) is 14.9. The first-order valence-corrected chi connectivity index (χ1v) is 7.90. The van der Waals surface area contributed by atoms with Gasteiger partial charge in [-0.1, -0.05) is 27.7 Å². The van der Waals surface area contributed by atoms with Crippen LogP contribution in [-0.4, -0.2) is 37.0 Å². The number of likely N-dealkylation sites (tertiary alicyclic amines) is 1. The van der Waals surface area contributed by atoms with Crippen molar-refractivity contribution in [1.29, 1.82) is 0 Å². The lowest BCUT2D eigenvalue weighted by Crippen LogP contribution is -2.42. The van der Waals surface area contributed by atoms with Crippen LogP contribution in [0.1, 0.15) is 47.0 Å². The second-order valence-electron chi connectivity index (χ2n) is 7.53. The van der Waals surface area contributed by atoms with Gasteiger partial charge in [0.15, 0.2) is 0 Å². The molecule has 2 aliphatic rings. The Bertz CT molecular complexity index is 311. The number of nitrogens with one attached hydrogen (secondary N) is 1. The van der Waals surface area contributed by atoms with Crippen molar-refractivity contribution in [3.63, 3.8) is 0 Å². The molecule has 1 N–H and O–H groups in total. The predicted octanol–water partition coefficient (Wildman–Crippen LogP) is 2.52. The summed E-state index contributed by atoms with van der Waals surface area (Å²) >= 11 is 0. The molecule has 0 aromatic heterocycles. The lowest BCUT2D eigenvalue weighted by atomic mass is 9.82. The van der Waals surface area contributed by atoms with Crippen molar-refractivity contribution < 1.29 is 4.79 Å². The zero-order chi connectivity index (χ0) is 14.0. The van der Waals surface area contributed by atoms with Gasteiger partial charge in [-0.05, 0) is 50.1 Å². The Labute approximate surface area is 118 Å². The maximum atomic E-state index is 12.7. The van der Waals surface area contributed by atoms with Crippen molar-refractivity contribution in [2.24, 2.45) is 23.2 Å². The molecule has 2 aliphatic heterocycles. The molecule has 0 aromatic rings. The third kappa shape index (κ3) is 3.50. The van der Waals surface area contributed by atoms with Crippen molar-refractivity contribution in [3.05, 3.63) is 0 Å². The van der Waals surface area contributed by atoms with E-state index in [2.05, 4.69) is 37.9 Å². The van der Waals surface area contributed by atoms with Crippen LogP contribution in [-0.2, 0) is 4.79 Å². The Morgan fingerprint density at radius 1 is 1.21 bits per heavy atom. The largest absolute Gasteiger partial charge is 0.342 e. The monoisotopic (exact) mass is 266 g/mol. The van der Waals surface area contributed by atoms with Gasteiger partial charge in [-0.25, -0.2) is 0 Å². The number of hydrogen-bond donors (Lipinski definition) is 1. The molecule has 0 saturated carbocycles. The van der Waals surface area contributed by atoms with Crippen LogP contribution in [0.5, 0.6) is 0 Å². The average Bonchev–Trinajstić information content (AvgIpc) is 2.66. The minimum absolute atomic E-state index is 0.203. The quantitative estimate of drug-likeness (QED) is 0.851. The normalized spacial score (nSPS) is 28.4. The van der Waals surface area contributed by atoms with Gasteiger partial charge >= 0.3 is 0 Å². The van der Waals surface area contributed by atoms with Crippen LogP contribution in [0.4, 0.5) is 0 Å². The highest BCUT2D eigenvalue weighted by Crippen LogP contribution is 2.32. The number of nitrogens with zero attached hydrogens (tertiary/aromatic N) is 1.